The van der Waals surface area contributed by atoms with Crippen LogP contribution in [-0.2, 0) is 19.4 Å². The van der Waals surface area contributed by atoms with Gasteiger partial charge in [0, 0.05) is 30.9 Å². The third-order valence-electron chi connectivity index (χ3n) is 4.87. The summed E-state index contributed by atoms with van der Waals surface area (Å²) in [5.41, 5.74) is 0.683. The molecule has 3 rings (SSSR count). The van der Waals surface area contributed by atoms with E-state index in [-0.39, 0.29) is 35.8 Å². The Morgan fingerprint density at radius 1 is 1.23 bits per heavy atom. The van der Waals surface area contributed by atoms with Gasteiger partial charge in [-0.05, 0) is 35.9 Å². The van der Waals surface area contributed by atoms with E-state index in [9.17, 15) is 4.39 Å². The van der Waals surface area contributed by atoms with Crippen LogP contribution in [0.1, 0.15) is 42.6 Å². The highest BCUT2D eigenvalue weighted by Crippen LogP contribution is 2.21. The van der Waals surface area contributed by atoms with Crippen molar-refractivity contribution in [1.82, 2.24) is 25.4 Å². The summed E-state index contributed by atoms with van der Waals surface area (Å²) in [6.45, 7) is 6.17. The van der Waals surface area contributed by atoms with Gasteiger partial charge in [-0.2, -0.15) is 0 Å². The number of hydrogen-bond donors (Lipinski definition) is 2. The molecule has 1 unspecified atom stereocenters. The molecule has 1 aromatic carbocycles. The fourth-order valence-corrected chi connectivity index (χ4v) is 4.07. The van der Waals surface area contributed by atoms with E-state index in [1.807, 2.05) is 16.7 Å². The Balaban J connectivity index is 0.00000341. The molecule has 1 atom stereocenters. The van der Waals surface area contributed by atoms with E-state index in [1.165, 1.54) is 10.9 Å². The topological polar surface area (TPSA) is 67.1 Å². The minimum Gasteiger partial charge on any atom is -0.355 e. The Bertz CT molecular complexity index is 928. The van der Waals surface area contributed by atoms with Crippen LogP contribution in [-0.4, -0.2) is 33.8 Å². The second-order valence-electron chi connectivity index (χ2n) is 6.91. The normalized spacial score (nSPS) is 12.3. The molecule has 0 saturated heterocycles. The molecule has 0 spiro atoms. The summed E-state index contributed by atoms with van der Waals surface area (Å²) < 4.78 is 15.9. The molecule has 2 N–H and O–H groups in total. The summed E-state index contributed by atoms with van der Waals surface area (Å²) in [5, 5.41) is 17.1. The first-order valence-electron chi connectivity index (χ1n) is 10.4. The number of nitrogens with one attached hydrogen (secondary N) is 2. The second-order valence-corrected chi connectivity index (χ2v) is 7.89. The molecule has 2 aromatic heterocycles. The fourth-order valence-electron chi connectivity index (χ4n) is 3.21. The monoisotopic (exact) mass is 556 g/mol. The van der Waals surface area contributed by atoms with Crippen molar-refractivity contribution in [2.24, 2.45) is 4.99 Å². The van der Waals surface area contributed by atoms with E-state index in [4.69, 9.17) is 4.99 Å². The maximum Gasteiger partial charge on any atom is 0.191 e. The maximum absolute atomic E-state index is 13.9. The number of nitrogens with zero attached hydrogens (tertiary/aromatic N) is 4. The SMILES string of the molecule is CCc1nncn1CCNC(=NCCc1ccccc1F)NC(CC)c1cccs1.I. The van der Waals surface area contributed by atoms with Crippen molar-refractivity contribution in [1.29, 1.82) is 0 Å². The number of halogens is 2. The number of aliphatic imine (C=N–C) groups is 1. The van der Waals surface area contributed by atoms with Gasteiger partial charge in [-0.25, -0.2) is 4.39 Å². The molecule has 31 heavy (non-hydrogen) atoms. The van der Waals surface area contributed by atoms with E-state index in [1.54, 1.807) is 23.7 Å². The lowest BCUT2D eigenvalue weighted by atomic mass is 10.1. The molecule has 0 radical (unpaired) electrons. The maximum atomic E-state index is 13.9. The third-order valence-corrected chi connectivity index (χ3v) is 5.86. The first-order valence-corrected chi connectivity index (χ1v) is 11.3. The van der Waals surface area contributed by atoms with Crippen LogP contribution >= 0.6 is 35.3 Å². The number of thiophene rings is 1. The van der Waals surface area contributed by atoms with Crippen LogP contribution in [0.25, 0.3) is 0 Å². The van der Waals surface area contributed by atoms with Gasteiger partial charge < -0.3 is 15.2 Å². The summed E-state index contributed by atoms with van der Waals surface area (Å²) in [7, 11) is 0. The van der Waals surface area contributed by atoms with E-state index in [0.29, 0.717) is 25.1 Å². The number of rotatable bonds is 10. The Labute approximate surface area is 204 Å². The molecule has 2 heterocycles. The van der Waals surface area contributed by atoms with Crippen molar-refractivity contribution in [3.05, 3.63) is 70.2 Å². The predicted molar refractivity (Wildman–Crippen MR) is 136 cm³/mol. The van der Waals surface area contributed by atoms with Gasteiger partial charge in [0.1, 0.15) is 18.0 Å². The molecule has 0 saturated carbocycles. The van der Waals surface area contributed by atoms with Crippen LogP contribution in [0.15, 0.2) is 53.1 Å². The number of hydrogen-bond acceptors (Lipinski definition) is 4. The van der Waals surface area contributed by atoms with Gasteiger partial charge in [0.25, 0.3) is 0 Å². The molecule has 0 aliphatic carbocycles. The molecule has 168 valence electrons. The highest BCUT2D eigenvalue weighted by atomic mass is 127. The number of aryl methyl sites for hydroxylation is 1. The van der Waals surface area contributed by atoms with Crippen molar-refractivity contribution < 1.29 is 4.39 Å². The Kier molecular flexibility index (Phi) is 10.9. The van der Waals surface area contributed by atoms with E-state index in [0.717, 1.165) is 31.2 Å². The lowest BCUT2D eigenvalue weighted by Gasteiger charge is -2.20. The average Bonchev–Trinajstić information content (AvgIpc) is 3.45. The van der Waals surface area contributed by atoms with Crippen molar-refractivity contribution in [3.8, 4) is 0 Å². The summed E-state index contributed by atoms with van der Waals surface area (Å²) in [5.74, 6) is 1.52. The van der Waals surface area contributed by atoms with Gasteiger partial charge in [-0.1, -0.05) is 38.1 Å². The zero-order chi connectivity index (χ0) is 21.2. The Morgan fingerprint density at radius 2 is 2.06 bits per heavy atom. The van der Waals surface area contributed by atoms with Crippen molar-refractivity contribution >= 4 is 41.3 Å². The fraction of sp³-hybridized carbons (Fsp3) is 0.409. The van der Waals surface area contributed by atoms with E-state index in [2.05, 4.69) is 52.2 Å². The second kappa shape index (κ2) is 13.4. The van der Waals surface area contributed by atoms with Gasteiger partial charge in [-0.3, -0.25) is 4.99 Å². The van der Waals surface area contributed by atoms with Crippen molar-refractivity contribution in [3.63, 3.8) is 0 Å². The van der Waals surface area contributed by atoms with Crippen molar-refractivity contribution in [2.75, 3.05) is 13.1 Å². The summed E-state index contributed by atoms with van der Waals surface area (Å²) in [6, 6.07) is 11.2. The van der Waals surface area contributed by atoms with Crippen LogP contribution in [0.2, 0.25) is 0 Å². The number of benzene rings is 1. The quantitative estimate of drug-likeness (QED) is 0.218. The zero-order valence-electron chi connectivity index (χ0n) is 17.9. The van der Waals surface area contributed by atoms with E-state index < -0.39 is 0 Å². The first-order chi connectivity index (χ1) is 14.7. The minimum atomic E-state index is -0.181. The molecule has 0 aliphatic heterocycles. The lowest BCUT2D eigenvalue weighted by molar-refractivity contribution is 0.593. The molecule has 0 amide bonds. The molecular formula is C22H30FIN6S. The zero-order valence-corrected chi connectivity index (χ0v) is 21.1. The molecule has 0 aliphatic rings. The molecular weight excluding hydrogens is 526 g/mol. The van der Waals surface area contributed by atoms with Gasteiger partial charge in [-0.15, -0.1) is 45.5 Å². The van der Waals surface area contributed by atoms with Gasteiger partial charge in [0.2, 0.25) is 0 Å². The molecule has 0 bridgehead atoms. The van der Waals surface area contributed by atoms with Crippen LogP contribution < -0.4 is 10.6 Å². The summed E-state index contributed by atoms with van der Waals surface area (Å²) in [6.07, 6.45) is 4.10. The Hall–Kier alpha value is -2.01. The standard InChI is InChI=1S/C22H29FN6S.HI/c1-3-19(20-10-7-15-30-20)27-22(24-12-11-17-8-5-6-9-18(17)23)25-13-14-29-16-26-28-21(29)4-2;/h5-10,15-16,19H,3-4,11-14H2,1-2H3,(H2,24,25,27);1H. The molecule has 6 nitrogen and oxygen atoms in total. The molecule has 3 aromatic rings. The van der Waals surface area contributed by atoms with Gasteiger partial charge in [0.05, 0.1) is 6.04 Å². The highest BCUT2D eigenvalue weighted by molar-refractivity contribution is 14.0. The molecule has 9 heteroatoms. The van der Waals surface area contributed by atoms with E-state index >= 15 is 0 Å². The lowest BCUT2D eigenvalue weighted by Crippen LogP contribution is -2.41. The van der Waals surface area contributed by atoms with Crippen molar-refractivity contribution in [2.45, 2.75) is 45.7 Å². The predicted octanol–water partition coefficient (Wildman–Crippen LogP) is 4.59. The van der Waals surface area contributed by atoms with Crippen LogP contribution in [0, 0.1) is 5.82 Å². The molecule has 0 fully saturated rings. The van der Waals surface area contributed by atoms with Gasteiger partial charge >= 0.3 is 0 Å². The third kappa shape index (κ3) is 7.57. The largest absolute Gasteiger partial charge is 0.355 e. The summed E-state index contributed by atoms with van der Waals surface area (Å²) >= 11 is 1.73. The van der Waals surface area contributed by atoms with Crippen LogP contribution in [0.3, 0.4) is 0 Å². The number of guanidine groups is 1. The smallest absolute Gasteiger partial charge is 0.191 e. The average molecular weight is 556 g/mol. The van der Waals surface area contributed by atoms with Crippen LogP contribution in [0.5, 0.6) is 0 Å². The minimum absolute atomic E-state index is 0. The number of aromatic nitrogens is 3. The van der Waals surface area contributed by atoms with Crippen LogP contribution in [0.4, 0.5) is 4.39 Å². The highest BCUT2D eigenvalue weighted by Gasteiger charge is 2.12. The first kappa shape index (κ1) is 25.3. The summed E-state index contributed by atoms with van der Waals surface area (Å²) in [4.78, 5) is 5.98. The van der Waals surface area contributed by atoms with Gasteiger partial charge in [0.15, 0.2) is 5.96 Å². The Morgan fingerprint density at radius 3 is 2.77 bits per heavy atom.